The number of carbonyl (C=O) groups excluding carboxylic acids is 1. The predicted octanol–water partition coefficient (Wildman–Crippen LogP) is 3.25. The molecule has 0 unspecified atom stereocenters. The third-order valence-electron chi connectivity index (χ3n) is 2.60. The van der Waals surface area contributed by atoms with Gasteiger partial charge in [0, 0.05) is 5.56 Å². The number of benzene rings is 1. The molecule has 0 aliphatic rings. The van der Waals surface area contributed by atoms with Crippen LogP contribution in [0, 0.1) is 6.92 Å². The zero-order chi connectivity index (χ0) is 11.4. The predicted molar refractivity (Wildman–Crippen MR) is 61.5 cm³/mol. The topological polar surface area (TPSA) is 37.3 Å². The summed E-state index contributed by atoms with van der Waals surface area (Å²) < 4.78 is 0. The van der Waals surface area contributed by atoms with Crippen LogP contribution in [0.25, 0.3) is 0 Å². The van der Waals surface area contributed by atoms with Gasteiger partial charge in [0.15, 0.2) is 5.78 Å². The number of rotatable bonds is 4. The number of aryl methyl sites for hydroxylation is 2. The molecule has 1 aromatic carbocycles. The fourth-order valence-corrected chi connectivity index (χ4v) is 1.66. The molecule has 82 valence electrons. The van der Waals surface area contributed by atoms with Crippen molar-refractivity contribution < 1.29 is 9.90 Å². The summed E-state index contributed by atoms with van der Waals surface area (Å²) in [5, 5.41) is 9.55. The van der Waals surface area contributed by atoms with E-state index in [1.54, 1.807) is 13.0 Å². The number of hydrogen-bond acceptors (Lipinski definition) is 2. The van der Waals surface area contributed by atoms with Gasteiger partial charge in [0.25, 0.3) is 0 Å². The second-order valence-corrected chi connectivity index (χ2v) is 3.96. The van der Waals surface area contributed by atoms with Crippen LogP contribution in [0.2, 0.25) is 0 Å². The Morgan fingerprint density at radius 2 is 2.07 bits per heavy atom. The molecule has 2 heteroatoms. The average Bonchev–Trinajstić information content (AvgIpc) is 2.19. The minimum Gasteiger partial charge on any atom is -0.508 e. The largest absolute Gasteiger partial charge is 0.508 e. The Morgan fingerprint density at radius 1 is 1.40 bits per heavy atom. The number of phenols is 1. The van der Waals surface area contributed by atoms with E-state index in [4.69, 9.17) is 0 Å². The number of carbonyl (C=O) groups is 1. The van der Waals surface area contributed by atoms with E-state index in [9.17, 15) is 9.90 Å². The SMILES string of the molecule is CCCCc1cc(C)c(O)cc1C(C)=O. The van der Waals surface area contributed by atoms with Gasteiger partial charge in [-0.1, -0.05) is 19.4 Å². The molecule has 0 heterocycles. The highest BCUT2D eigenvalue weighted by Crippen LogP contribution is 2.23. The van der Waals surface area contributed by atoms with E-state index in [2.05, 4.69) is 6.92 Å². The highest BCUT2D eigenvalue weighted by atomic mass is 16.3. The highest BCUT2D eigenvalue weighted by molar-refractivity contribution is 5.96. The minimum atomic E-state index is 0.0244. The highest BCUT2D eigenvalue weighted by Gasteiger charge is 2.10. The summed E-state index contributed by atoms with van der Waals surface area (Å²) in [7, 11) is 0. The number of unbranched alkanes of at least 4 members (excludes halogenated alkanes) is 1. The second-order valence-electron chi connectivity index (χ2n) is 3.96. The second kappa shape index (κ2) is 4.96. The van der Waals surface area contributed by atoms with Crippen LogP contribution in [-0.4, -0.2) is 10.9 Å². The van der Waals surface area contributed by atoms with Crippen molar-refractivity contribution in [2.24, 2.45) is 0 Å². The Bertz CT molecular complexity index is 367. The molecule has 0 saturated heterocycles. The lowest BCUT2D eigenvalue weighted by Crippen LogP contribution is -2.00. The molecular formula is C13H18O2. The van der Waals surface area contributed by atoms with Crippen molar-refractivity contribution in [3.8, 4) is 5.75 Å². The third kappa shape index (κ3) is 2.82. The van der Waals surface area contributed by atoms with Gasteiger partial charge in [-0.05, 0) is 43.9 Å². The Morgan fingerprint density at radius 3 is 2.60 bits per heavy atom. The molecule has 0 fully saturated rings. The monoisotopic (exact) mass is 206 g/mol. The Hall–Kier alpha value is -1.31. The van der Waals surface area contributed by atoms with Gasteiger partial charge in [0.2, 0.25) is 0 Å². The summed E-state index contributed by atoms with van der Waals surface area (Å²) in [4.78, 5) is 11.4. The summed E-state index contributed by atoms with van der Waals surface area (Å²) in [6.07, 6.45) is 3.09. The van der Waals surface area contributed by atoms with Crippen molar-refractivity contribution in [1.29, 1.82) is 0 Å². The molecule has 2 nitrogen and oxygen atoms in total. The molecule has 1 rings (SSSR count). The normalized spacial score (nSPS) is 10.3. The zero-order valence-corrected chi connectivity index (χ0v) is 9.63. The molecule has 1 N–H and O–H groups in total. The summed E-state index contributed by atoms with van der Waals surface area (Å²) in [6.45, 7) is 5.52. The van der Waals surface area contributed by atoms with Crippen LogP contribution in [0.1, 0.15) is 48.2 Å². The molecule has 0 bridgehead atoms. The van der Waals surface area contributed by atoms with Crippen LogP contribution in [0.15, 0.2) is 12.1 Å². The van der Waals surface area contributed by atoms with Crippen molar-refractivity contribution in [1.82, 2.24) is 0 Å². The van der Waals surface area contributed by atoms with Crippen molar-refractivity contribution in [2.75, 3.05) is 0 Å². The lowest BCUT2D eigenvalue weighted by molar-refractivity contribution is 0.101. The summed E-state index contributed by atoms with van der Waals surface area (Å²) >= 11 is 0. The molecule has 15 heavy (non-hydrogen) atoms. The summed E-state index contributed by atoms with van der Waals surface area (Å²) in [5.74, 6) is 0.233. The molecule has 0 saturated carbocycles. The Labute approximate surface area is 90.9 Å². The van der Waals surface area contributed by atoms with Crippen LogP contribution in [0.5, 0.6) is 5.75 Å². The Kier molecular flexibility index (Phi) is 3.89. The van der Waals surface area contributed by atoms with Crippen molar-refractivity contribution in [3.63, 3.8) is 0 Å². The van der Waals surface area contributed by atoms with Gasteiger partial charge in [0.1, 0.15) is 5.75 Å². The lowest BCUT2D eigenvalue weighted by atomic mass is 9.97. The van der Waals surface area contributed by atoms with E-state index in [1.165, 1.54) is 0 Å². The molecule has 0 aliphatic carbocycles. The average molecular weight is 206 g/mol. The maximum Gasteiger partial charge on any atom is 0.160 e. The number of aromatic hydroxyl groups is 1. The maximum absolute atomic E-state index is 11.4. The van der Waals surface area contributed by atoms with Crippen molar-refractivity contribution in [2.45, 2.75) is 40.0 Å². The van der Waals surface area contributed by atoms with Gasteiger partial charge < -0.3 is 5.11 Å². The minimum absolute atomic E-state index is 0.0244. The molecule has 0 aromatic heterocycles. The van der Waals surface area contributed by atoms with Gasteiger partial charge >= 0.3 is 0 Å². The lowest BCUT2D eigenvalue weighted by Gasteiger charge is -2.09. The van der Waals surface area contributed by atoms with E-state index in [0.717, 1.165) is 30.4 Å². The number of hydrogen-bond donors (Lipinski definition) is 1. The summed E-state index contributed by atoms with van der Waals surface area (Å²) in [6, 6.07) is 3.50. The van der Waals surface area contributed by atoms with E-state index in [-0.39, 0.29) is 11.5 Å². The quantitative estimate of drug-likeness (QED) is 0.768. The van der Waals surface area contributed by atoms with Crippen LogP contribution in [0.3, 0.4) is 0 Å². The van der Waals surface area contributed by atoms with Gasteiger partial charge in [-0.2, -0.15) is 0 Å². The molecule has 1 aromatic rings. The van der Waals surface area contributed by atoms with Crippen LogP contribution >= 0.6 is 0 Å². The fraction of sp³-hybridized carbons (Fsp3) is 0.462. The van der Waals surface area contributed by atoms with Gasteiger partial charge in [0.05, 0.1) is 0 Å². The van der Waals surface area contributed by atoms with E-state index in [0.29, 0.717) is 5.56 Å². The van der Waals surface area contributed by atoms with Crippen molar-refractivity contribution >= 4 is 5.78 Å². The molecule has 0 spiro atoms. The Balaban J connectivity index is 3.10. The molecule has 0 atom stereocenters. The van der Waals surface area contributed by atoms with E-state index in [1.807, 2.05) is 13.0 Å². The standard InChI is InChI=1S/C13H18O2/c1-4-5-6-11-7-9(2)13(15)8-12(11)10(3)14/h7-8,15H,4-6H2,1-3H3. The van der Waals surface area contributed by atoms with Crippen molar-refractivity contribution in [3.05, 3.63) is 28.8 Å². The summed E-state index contributed by atoms with van der Waals surface area (Å²) in [5.41, 5.74) is 2.55. The molecule has 0 amide bonds. The number of ketones is 1. The van der Waals surface area contributed by atoms with E-state index < -0.39 is 0 Å². The van der Waals surface area contributed by atoms with Gasteiger partial charge in [-0.3, -0.25) is 4.79 Å². The van der Waals surface area contributed by atoms with Crippen LogP contribution in [-0.2, 0) is 6.42 Å². The maximum atomic E-state index is 11.4. The first-order valence-electron chi connectivity index (χ1n) is 5.39. The fourth-order valence-electron chi connectivity index (χ4n) is 1.66. The van der Waals surface area contributed by atoms with Gasteiger partial charge in [-0.25, -0.2) is 0 Å². The number of phenolic OH excluding ortho intramolecular Hbond substituents is 1. The first-order valence-corrected chi connectivity index (χ1v) is 5.39. The zero-order valence-electron chi connectivity index (χ0n) is 9.63. The molecule has 0 aliphatic heterocycles. The van der Waals surface area contributed by atoms with Gasteiger partial charge in [-0.15, -0.1) is 0 Å². The molecule has 0 radical (unpaired) electrons. The van der Waals surface area contributed by atoms with E-state index >= 15 is 0 Å². The molecular weight excluding hydrogens is 188 g/mol. The smallest absolute Gasteiger partial charge is 0.160 e. The first-order chi connectivity index (χ1) is 7.06. The van der Waals surface area contributed by atoms with Crippen LogP contribution in [0.4, 0.5) is 0 Å². The number of Topliss-reactive ketones (excluding diaryl/α,β-unsaturated/α-hetero) is 1. The van der Waals surface area contributed by atoms with Crippen LogP contribution < -0.4 is 0 Å². The third-order valence-corrected chi connectivity index (χ3v) is 2.60. The first kappa shape index (κ1) is 11.8.